The van der Waals surface area contributed by atoms with E-state index in [1.807, 2.05) is 36.7 Å². The van der Waals surface area contributed by atoms with E-state index in [4.69, 9.17) is 5.26 Å². The van der Waals surface area contributed by atoms with Crippen LogP contribution in [0.1, 0.15) is 11.3 Å². The highest BCUT2D eigenvalue weighted by molar-refractivity contribution is 5.11. The van der Waals surface area contributed by atoms with Gasteiger partial charge in [-0.25, -0.2) is 0 Å². The predicted octanol–water partition coefficient (Wildman–Crippen LogP) is 1.11. The van der Waals surface area contributed by atoms with E-state index in [-0.39, 0.29) is 0 Å². The molecule has 1 aromatic heterocycles. The minimum atomic E-state index is 0.438. The molecule has 56 valence electrons. The Hall–Kier alpha value is -1.36. The van der Waals surface area contributed by atoms with E-state index in [9.17, 15) is 0 Å². The summed E-state index contributed by atoms with van der Waals surface area (Å²) in [6.45, 7) is 4.50. The minimum absolute atomic E-state index is 0.438. The Morgan fingerprint density at radius 1 is 1.55 bits per heavy atom. The maximum Gasteiger partial charge on any atom is 0.234 e. The van der Waals surface area contributed by atoms with Crippen LogP contribution in [0.5, 0.6) is 0 Å². The Balaban J connectivity index is 3.08. The van der Waals surface area contributed by atoms with Crippen LogP contribution in [-0.4, -0.2) is 0 Å². The summed E-state index contributed by atoms with van der Waals surface area (Å²) in [6.07, 6.45) is 1.92. The van der Waals surface area contributed by atoms with Crippen LogP contribution < -0.4 is 4.57 Å². The summed E-state index contributed by atoms with van der Waals surface area (Å²) in [7, 11) is 0. The molecule has 0 aliphatic rings. The van der Waals surface area contributed by atoms with Crippen LogP contribution in [0.4, 0.5) is 0 Å². The number of nitrogens with zero attached hydrogens (tertiary/aromatic N) is 2. The first-order valence-electron chi connectivity index (χ1n) is 3.58. The molecule has 1 heterocycles. The first-order valence-corrected chi connectivity index (χ1v) is 3.58. The van der Waals surface area contributed by atoms with Crippen LogP contribution in [-0.2, 0) is 6.54 Å². The van der Waals surface area contributed by atoms with Crippen molar-refractivity contribution in [1.82, 2.24) is 0 Å². The highest BCUT2D eigenvalue weighted by Gasteiger charge is 2.05. The molecule has 0 fully saturated rings. The van der Waals surface area contributed by atoms with Gasteiger partial charge in [0.2, 0.25) is 6.54 Å². The Labute approximate surface area is 66.7 Å². The third-order valence-corrected chi connectivity index (χ3v) is 1.85. The van der Waals surface area contributed by atoms with Gasteiger partial charge in [0.25, 0.3) is 0 Å². The van der Waals surface area contributed by atoms with Gasteiger partial charge in [-0.1, -0.05) is 0 Å². The van der Waals surface area contributed by atoms with Crippen molar-refractivity contribution >= 4 is 0 Å². The highest BCUT2D eigenvalue weighted by Crippen LogP contribution is 1.97. The second-order valence-electron chi connectivity index (χ2n) is 2.56. The fraction of sp³-hybridized carbons (Fsp3) is 0.333. The first-order chi connectivity index (χ1) is 5.25. The fourth-order valence-electron chi connectivity index (χ4n) is 0.998. The zero-order valence-electron chi connectivity index (χ0n) is 6.83. The monoisotopic (exact) mass is 147 g/mol. The Morgan fingerprint density at radius 3 is 2.91 bits per heavy atom. The molecular formula is C9H11N2+. The van der Waals surface area contributed by atoms with E-state index < -0.39 is 0 Å². The van der Waals surface area contributed by atoms with E-state index in [2.05, 4.69) is 6.07 Å². The van der Waals surface area contributed by atoms with Crippen molar-refractivity contribution in [3.05, 3.63) is 29.6 Å². The molecular weight excluding hydrogens is 136 g/mol. The molecule has 0 saturated carbocycles. The van der Waals surface area contributed by atoms with Gasteiger partial charge < -0.3 is 0 Å². The van der Waals surface area contributed by atoms with Crippen molar-refractivity contribution in [3.63, 3.8) is 0 Å². The van der Waals surface area contributed by atoms with Gasteiger partial charge in [0.05, 0.1) is 0 Å². The SMILES string of the molecule is Cc1ccc[n+](CC#N)c1C. The summed E-state index contributed by atoms with van der Waals surface area (Å²) in [6, 6.07) is 6.12. The van der Waals surface area contributed by atoms with Gasteiger partial charge in [0.1, 0.15) is 6.07 Å². The molecule has 0 radical (unpaired) electrons. The number of rotatable bonds is 1. The van der Waals surface area contributed by atoms with E-state index >= 15 is 0 Å². The van der Waals surface area contributed by atoms with Gasteiger partial charge >= 0.3 is 0 Å². The topological polar surface area (TPSA) is 27.7 Å². The lowest BCUT2D eigenvalue weighted by Crippen LogP contribution is -2.36. The lowest BCUT2D eigenvalue weighted by molar-refractivity contribution is -0.691. The number of hydrogen-bond donors (Lipinski definition) is 0. The van der Waals surface area contributed by atoms with Crippen molar-refractivity contribution in [3.8, 4) is 6.07 Å². The molecule has 1 rings (SSSR count). The van der Waals surface area contributed by atoms with Crippen LogP contribution in [0, 0.1) is 25.2 Å². The summed E-state index contributed by atoms with van der Waals surface area (Å²) >= 11 is 0. The molecule has 0 bridgehead atoms. The van der Waals surface area contributed by atoms with E-state index in [1.54, 1.807) is 0 Å². The van der Waals surface area contributed by atoms with Crippen molar-refractivity contribution in [2.75, 3.05) is 0 Å². The van der Waals surface area contributed by atoms with Gasteiger partial charge in [-0.15, -0.1) is 0 Å². The third kappa shape index (κ3) is 1.56. The summed E-state index contributed by atoms with van der Waals surface area (Å²) in [4.78, 5) is 0. The van der Waals surface area contributed by atoms with Crippen molar-refractivity contribution in [1.29, 1.82) is 5.26 Å². The van der Waals surface area contributed by atoms with Crippen LogP contribution >= 0.6 is 0 Å². The van der Waals surface area contributed by atoms with Crippen LogP contribution in [0.25, 0.3) is 0 Å². The summed E-state index contributed by atoms with van der Waals surface area (Å²) in [5.41, 5.74) is 2.39. The molecule has 0 aromatic carbocycles. The predicted molar refractivity (Wildman–Crippen MR) is 41.7 cm³/mol. The molecule has 0 amide bonds. The Kier molecular flexibility index (Phi) is 2.22. The van der Waals surface area contributed by atoms with Gasteiger partial charge in [-0.05, 0) is 13.0 Å². The number of aromatic nitrogens is 1. The standard InChI is InChI=1S/C9H11N2/c1-8-4-3-6-11(7-5-10)9(8)2/h3-4,6H,7H2,1-2H3/q+1. The fourth-order valence-corrected chi connectivity index (χ4v) is 0.998. The average Bonchev–Trinajstić information content (AvgIpc) is 1.99. The molecule has 1 aromatic rings. The maximum atomic E-state index is 8.46. The first kappa shape index (κ1) is 7.74. The molecule has 2 nitrogen and oxygen atoms in total. The maximum absolute atomic E-state index is 8.46. The van der Waals surface area contributed by atoms with Gasteiger partial charge in [-0.3, -0.25) is 0 Å². The quantitative estimate of drug-likeness (QED) is 0.547. The van der Waals surface area contributed by atoms with E-state index in [1.165, 1.54) is 5.56 Å². The van der Waals surface area contributed by atoms with E-state index in [0.717, 1.165) is 5.69 Å². The molecule has 0 atom stereocenters. The van der Waals surface area contributed by atoms with Crippen LogP contribution in [0.15, 0.2) is 18.3 Å². The number of nitriles is 1. The number of aryl methyl sites for hydroxylation is 1. The molecule has 0 unspecified atom stereocenters. The highest BCUT2D eigenvalue weighted by atomic mass is 14.9. The smallest absolute Gasteiger partial charge is 0.191 e. The molecule has 0 N–H and O–H groups in total. The molecule has 0 spiro atoms. The lowest BCUT2D eigenvalue weighted by atomic mass is 10.2. The van der Waals surface area contributed by atoms with Crippen LogP contribution in [0.3, 0.4) is 0 Å². The minimum Gasteiger partial charge on any atom is -0.191 e. The second kappa shape index (κ2) is 3.16. The number of pyridine rings is 1. The summed E-state index contributed by atoms with van der Waals surface area (Å²) < 4.78 is 1.94. The second-order valence-corrected chi connectivity index (χ2v) is 2.56. The van der Waals surface area contributed by atoms with E-state index in [0.29, 0.717) is 6.54 Å². The molecule has 0 aliphatic heterocycles. The molecule has 0 aliphatic carbocycles. The Morgan fingerprint density at radius 2 is 2.27 bits per heavy atom. The van der Waals surface area contributed by atoms with Gasteiger partial charge in [0.15, 0.2) is 11.9 Å². The Bertz CT molecular complexity index is 297. The molecule has 0 saturated heterocycles. The van der Waals surface area contributed by atoms with Crippen molar-refractivity contribution in [2.24, 2.45) is 0 Å². The third-order valence-electron chi connectivity index (χ3n) is 1.85. The summed E-state index contributed by atoms with van der Waals surface area (Å²) in [5, 5.41) is 8.46. The number of hydrogen-bond acceptors (Lipinski definition) is 1. The van der Waals surface area contributed by atoms with Gasteiger partial charge in [0, 0.05) is 18.6 Å². The zero-order valence-corrected chi connectivity index (χ0v) is 6.83. The van der Waals surface area contributed by atoms with Gasteiger partial charge in [-0.2, -0.15) is 9.83 Å². The normalized spacial score (nSPS) is 9.18. The van der Waals surface area contributed by atoms with Crippen molar-refractivity contribution in [2.45, 2.75) is 20.4 Å². The lowest BCUT2D eigenvalue weighted by Gasteiger charge is -1.96. The molecule has 2 heteroatoms. The largest absolute Gasteiger partial charge is 0.234 e. The van der Waals surface area contributed by atoms with Crippen molar-refractivity contribution < 1.29 is 4.57 Å². The summed E-state index contributed by atoms with van der Waals surface area (Å²) in [5.74, 6) is 0. The zero-order chi connectivity index (χ0) is 8.27. The van der Waals surface area contributed by atoms with Crippen LogP contribution in [0.2, 0.25) is 0 Å². The molecule has 11 heavy (non-hydrogen) atoms. The average molecular weight is 147 g/mol.